The van der Waals surface area contributed by atoms with E-state index in [1.807, 2.05) is 13.8 Å². The highest BCUT2D eigenvalue weighted by atomic mass is 16.4. The van der Waals surface area contributed by atoms with Gasteiger partial charge in [-0.1, -0.05) is 13.8 Å². The Kier molecular flexibility index (Phi) is 4.12. The highest BCUT2D eigenvalue weighted by molar-refractivity contribution is 5.85. The number of nitrogens with zero attached hydrogens (tertiary/aromatic N) is 1. The van der Waals surface area contributed by atoms with Crippen LogP contribution in [0.1, 0.15) is 39.5 Å². The van der Waals surface area contributed by atoms with E-state index in [0.29, 0.717) is 13.0 Å². The molecule has 1 atom stereocenters. The molecule has 1 unspecified atom stereocenters. The van der Waals surface area contributed by atoms with Gasteiger partial charge in [0.25, 0.3) is 0 Å². The first-order valence-corrected chi connectivity index (χ1v) is 5.65. The van der Waals surface area contributed by atoms with Crippen molar-refractivity contribution >= 4 is 11.9 Å². The quantitative estimate of drug-likeness (QED) is 0.769. The summed E-state index contributed by atoms with van der Waals surface area (Å²) in [6.07, 6.45) is 2.99. The Balaban J connectivity index is 2.69. The van der Waals surface area contributed by atoms with Crippen LogP contribution in [0.3, 0.4) is 0 Å². The second kappa shape index (κ2) is 5.14. The summed E-state index contributed by atoms with van der Waals surface area (Å²) in [5, 5.41) is 8.97. The number of aliphatic carboxylic acids is 1. The first-order chi connectivity index (χ1) is 7.11. The minimum atomic E-state index is -0.869. The Morgan fingerprint density at radius 3 is 2.47 bits per heavy atom. The van der Waals surface area contributed by atoms with Crippen molar-refractivity contribution in [2.75, 3.05) is 6.54 Å². The molecule has 1 heterocycles. The van der Waals surface area contributed by atoms with Crippen LogP contribution in [0.4, 0.5) is 0 Å². The average molecular weight is 213 g/mol. The largest absolute Gasteiger partial charge is 0.480 e. The summed E-state index contributed by atoms with van der Waals surface area (Å²) in [5.41, 5.74) is 0. The molecule has 0 aromatic heterocycles. The van der Waals surface area contributed by atoms with Crippen molar-refractivity contribution < 1.29 is 14.7 Å². The Hall–Kier alpha value is -1.06. The highest BCUT2D eigenvalue weighted by Crippen LogP contribution is 2.22. The molecule has 1 saturated heterocycles. The number of likely N-dealkylation sites (tertiary alicyclic amines) is 1. The van der Waals surface area contributed by atoms with Gasteiger partial charge in [-0.3, -0.25) is 4.79 Å². The zero-order valence-electron chi connectivity index (χ0n) is 9.40. The van der Waals surface area contributed by atoms with Gasteiger partial charge in [0.2, 0.25) is 5.91 Å². The summed E-state index contributed by atoms with van der Waals surface area (Å²) >= 11 is 0. The van der Waals surface area contributed by atoms with E-state index in [9.17, 15) is 9.59 Å². The summed E-state index contributed by atoms with van der Waals surface area (Å²) in [7, 11) is 0. The van der Waals surface area contributed by atoms with Crippen LogP contribution < -0.4 is 0 Å². The number of rotatable bonds is 4. The van der Waals surface area contributed by atoms with Crippen molar-refractivity contribution in [1.82, 2.24) is 4.90 Å². The van der Waals surface area contributed by atoms with E-state index < -0.39 is 12.0 Å². The Bertz CT molecular complexity index is 248. The maximum absolute atomic E-state index is 12.0. The second-order valence-corrected chi connectivity index (χ2v) is 4.04. The van der Waals surface area contributed by atoms with Gasteiger partial charge in [0, 0.05) is 12.5 Å². The maximum atomic E-state index is 12.0. The maximum Gasteiger partial charge on any atom is 0.326 e. The Morgan fingerprint density at radius 2 is 2.00 bits per heavy atom. The monoisotopic (exact) mass is 213 g/mol. The third-order valence-corrected chi connectivity index (χ3v) is 3.16. The SMILES string of the molecule is CCC(CC)C(=O)N1CCCC1C(=O)O. The molecule has 86 valence electrons. The minimum absolute atomic E-state index is 0.00931. The van der Waals surface area contributed by atoms with Gasteiger partial charge in [0.05, 0.1) is 0 Å². The predicted octanol–water partition coefficient (Wildman–Crippen LogP) is 1.50. The number of carbonyl (C=O) groups is 2. The smallest absolute Gasteiger partial charge is 0.326 e. The van der Waals surface area contributed by atoms with Gasteiger partial charge in [-0.15, -0.1) is 0 Å². The first-order valence-electron chi connectivity index (χ1n) is 5.65. The van der Waals surface area contributed by atoms with Crippen molar-refractivity contribution in [2.45, 2.75) is 45.6 Å². The third-order valence-electron chi connectivity index (χ3n) is 3.16. The van der Waals surface area contributed by atoms with Gasteiger partial charge < -0.3 is 10.0 Å². The highest BCUT2D eigenvalue weighted by Gasteiger charge is 2.35. The minimum Gasteiger partial charge on any atom is -0.480 e. The molecule has 0 aromatic carbocycles. The predicted molar refractivity (Wildman–Crippen MR) is 56.4 cm³/mol. The normalized spacial score (nSPS) is 21.0. The van der Waals surface area contributed by atoms with Gasteiger partial charge in [-0.25, -0.2) is 4.79 Å². The van der Waals surface area contributed by atoms with Crippen molar-refractivity contribution in [3.63, 3.8) is 0 Å². The topological polar surface area (TPSA) is 57.6 Å². The molecule has 1 aliphatic heterocycles. The molecule has 1 N–H and O–H groups in total. The van der Waals surface area contributed by atoms with Crippen molar-refractivity contribution in [3.8, 4) is 0 Å². The lowest BCUT2D eigenvalue weighted by Gasteiger charge is -2.25. The average Bonchev–Trinajstić information content (AvgIpc) is 2.67. The Morgan fingerprint density at radius 1 is 1.40 bits per heavy atom. The number of carboxylic acids is 1. The van der Waals surface area contributed by atoms with Crippen LogP contribution in [-0.2, 0) is 9.59 Å². The van der Waals surface area contributed by atoms with Gasteiger partial charge in [0.15, 0.2) is 0 Å². The molecule has 0 aliphatic carbocycles. The molecule has 1 amide bonds. The Labute approximate surface area is 90.3 Å². The summed E-state index contributed by atoms with van der Waals surface area (Å²) < 4.78 is 0. The van der Waals surface area contributed by atoms with Crippen molar-refractivity contribution in [2.24, 2.45) is 5.92 Å². The van der Waals surface area contributed by atoms with Crippen LogP contribution in [0.2, 0.25) is 0 Å². The fraction of sp³-hybridized carbons (Fsp3) is 0.818. The van der Waals surface area contributed by atoms with Crippen LogP contribution in [0.5, 0.6) is 0 Å². The molecule has 1 aliphatic rings. The van der Waals surface area contributed by atoms with Crippen LogP contribution >= 0.6 is 0 Å². The molecule has 4 heteroatoms. The molecule has 0 spiro atoms. The van der Waals surface area contributed by atoms with Crippen molar-refractivity contribution in [1.29, 1.82) is 0 Å². The number of hydrogen-bond donors (Lipinski definition) is 1. The molecule has 0 aromatic rings. The van der Waals surface area contributed by atoms with E-state index in [1.54, 1.807) is 4.90 Å². The molecule has 1 fully saturated rings. The standard InChI is InChI=1S/C11H19NO3/c1-3-8(4-2)10(13)12-7-5-6-9(12)11(14)15/h8-9H,3-7H2,1-2H3,(H,14,15). The summed E-state index contributed by atoms with van der Waals surface area (Å²) in [6.45, 7) is 4.54. The van der Waals surface area contributed by atoms with E-state index in [1.165, 1.54) is 0 Å². The lowest BCUT2D eigenvalue weighted by molar-refractivity contribution is -0.150. The van der Waals surface area contributed by atoms with Crippen molar-refractivity contribution in [3.05, 3.63) is 0 Å². The van der Waals surface area contributed by atoms with Gasteiger partial charge in [-0.05, 0) is 25.7 Å². The molecular formula is C11H19NO3. The van der Waals surface area contributed by atoms with E-state index in [-0.39, 0.29) is 11.8 Å². The van der Waals surface area contributed by atoms with Crippen LogP contribution in [0.25, 0.3) is 0 Å². The lowest BCUT2D eigenvalue weighted by Crippen LogP contribution is -2.43. The number of hydrogen-bond acceptors (Lipinski definition) is 2. The molecule has 0 radical (unpaired) electrons. The number of carboxylic acid groups (broad SMARTS) is 1. The summed E-state index contributed by atoms with van der Waals surface area (Å²) in [4.78, 5) is 24.4. The lowest BCUT2D eigenvalue weighted by atomic mass is 10.0. The first kappa shape index (κ1) is 12.0. The van der Waals surface area contributed by atoms with Gasteiger partial charge >= 0.3 is 5.97 Å². The molecular weight excluding hydrogens is 194 g/mol. The molecule has 0 bridgehead atoms. The van der Waals surface area contributed by atoms with E-state index >= 15 is 0 Å². The summed E-state index contributed by atoms with van der Waals surface area (Å²) in [6, 6.07) is -0.585. The number of amides is 1. The third kappa shape index (κ3) is 2.49. The van der Waals surface area contributed by atoms with Crippen LogP contribution in [0, 0.1) is 5.92 Å². The fourth-order valence-corrected chi connectivity index (χ4v) is 2.16. The van der Waals surface area contributed by atoms with Gasteiger partial charge in [0.1, 0.15) is 6.04 Å². The van der Waals surface area contributed by atoms with E-state index in [4.69, 9.17) is 5.11 Å². The summed E-state index contributed by atoms with van der Waals surface area (Å²) in [5.74, 6) is -0.860. The fourth-order valence-electron chi connectivity index (χ4n) is 2.16. The van der Waals surface area contributed by atoms with Crippen LogP contribution in [-0.4, -0.2) is 34.5 Å². The second-order valence-electron chi connectivity index (χ2n) is 4.04. The zero-order chi connectivity index (χ0) is 11.4. The molecule has 4 nitrogen and oxygen atoms in total. The molecule has 1 rings (SSSR count). The zero-order valence-corrected chi connectivity index (χ0v) is 9.40. The van der Waals surface area contributed by atoms with Crippen LogP contribution in [0.15, 0.2) is 0 Å². The number of carbonyl (C=O) groups excluding carboxylic acids is 1. The van der Waals surface area contributed by atoms with E-state index in [0.717, 1.165) is 19.3 Å². The van der Waals surface area contributed by atoms with E-state index in [2.05, 4.69) is 0 Å². The molecule has 15 heavy (non-hydrogen) atoms. The molecule has 0 saturated carbocycles. The van der Waals surface area contributed by atoms with Gasteiger partial charge in [-0.2, -0.15) is 0 Å².